The van der Waals surface area contributed by atoms with Crippen LogP contribution >= 0.6 is 0 Å². The van der Waals surface area contributed by atoms with Gasteiger partial charge >= 0.3 is 6.03 Å². The van der Waals surface area contributed by atoms with Crippen molar-refractivity contribution >= 4 is 11.9 Å². The molecule has 0 aliphatic rings. The molecule has 5 nitrogen and oxygen atoms in total. The van der Waals surface area contributed by atoms with Crippen molar-refractivity contribution in [2.45, 2.75) is 6.42 Å². The van der Waals surface area contributed by atoms with Crippen LogP contribution in [-0.2, 0) is 6.42 Å². The number of hydrogen-bond donors (Lipinski definition) is 3. The predicted octanol–water partition coefficient (Wildman–Crippen LogP) is 2.07. The molecule has 0 heterocycles. The molecule has 0 unspecified atom stereocenters. The molecule has 3 N–H and O–H groups in total. The van der Waals surface area contributed by atoms with Gasteiger partial charge in [0.15, 0.2) is 0 Å². The minimum absolute atomic E-state index is 0.195. The molecule has 2 aromatic carbocycles. The lowest BCUT2D eigenvalue weighted by Crippen LogP contribution is -2.40. The van der Waals surface area contributed by atoms with Crippen molar-refractivity contribution in [3.63, 3.8) is 0 Å². The van der Waals surface area contributed by atoms with Crippen LogP contribution in [0.25, 0.3) is 0 Å². The Morgan fingerprint density at radius 3 is 2.33 bits per heavy atom. The molecule has 0 radical (unpaired) electrons. The van der Waals surface area contributed by atoms with Crippen LogP contribution in [0.3, 0.4) is 0 Å². The lowest BCUT2D eigenvalue weighted by Gasteiger charge is -2.07. The fourth-order valence-corrected chi connectivity index (χ4v) is 1.84. The van der Waals surface area contributed by atoms with Crippen LogP contribution in [0.1, 0.15) is 15.9 Å². The van der Waals surface area contributed by atoms with Crippen molar-refractivity contribution < 1.29 is 14.7 Å². The van der Waals surface area contributed by atoms with Gasteiger partial charge in [-0.25, -0.2) is 4.79 Å². The number of aromatic hydroxyl groups is 1. The number of urea groups is 1. The number of phenolic OH excluding ortho intramolecular Hbond substituents is 1. The van der Waals surface area contributed by atoms with E-state index in [0.29, 0.717) is 18.5 Å². The number of carbonyl (C=O) groups excluding carboxylic acids is 2. The van der Waals surface area contributed by atoms with E-state index in [0.717, 1.165) is 5.56 Å². The first kappa shape index (κ1) is 14.6. The average molecular weight is 284 g/mol. The van der Waals surface area contributed by atoms with Gasteiger partial charge in [-0.15, -0.1) is 0 Å². The SMILES string of the molecule is O=C(NCCc1ccccc1O)NC(=O)c1ccccc1. The minimum Gasteiger partial charge on any atom is -0.508 e. The monoisotopic (exact) mass is 284 g/mol. The molecule has 0 aliphatic carbocycles. The number of benzene rings is 2. The largest absolute Gasteiger partial charge is 0.508 e. The summed E-state index contributed by atoms with van der Waals surface area (Å²) in [5.74, 6) is -0.254. The Balaban J connectivity index is 1.78. The molecule has 21 heavy (non-hydrogen) atoms. The standard InChI is InChI=1S/C16H16N2O3/c19-14-9-5-4-6-12(14)10-11-17-16(21)18-15(20)13-7-2-1-3-8-13/h1-9,19H,10-11H2,(H2,17,18,20,21). The number of rotatable bonds is 4. The molecule has 3 amide bonds. The Kier molecular flexibility index (Phi) is 4.93. The molecule has 0 fully saturated rings. The summed E-state index contributed by atoms with van der Waals surface area (Å²) >= 11 is 0. The van der Waals surface area contributed by atoms with Crippen molar-refractivity contribution in [2.75, 3.05) is 6.54 Å². The predicted molar refractivity (Wildman–Crippen MR) is 79.1 cm³/mol. The summed E-state index contributed by atoms with van der Waals surface area (Å²) < 4.78 is 0. The van der Waals surface area contributed by atoms with Crippen LogP contribution in [0.2, 0.25) is 0 Å². The number of nitrogens with one attached hydrogen (secondary N) is 2. The quantitative estimate of drug-likeness (QED) is 0.804. The number of para-hydroxylation sites is 1. The van der Waals surface area contributed by atoms with Gasteiger partial charge in [0.1, 0.15) is 5.75 Å². The van der Waals surface area contributed by atoms with Gasteiger partial charge in [-0.2, -0.15) is 0 Å². The molecule has 2 aromatic rings. The molecule has 0 aliphatic heterocycles. The number of carbonyl (C=O) groups is 2. The van der Waals surface area contributed by atoms with Crippen molar-refractivity contribution in [1.82, 2.24) is 10.6 Å². The number of hydrogen-bond acceptors (Lipinski definition) is 3. The molecule has 0 bridgehead atoms. The Labute approximate surface area is 122 Å². The third kappa shape index (κ3) is 4.35. The van der Waals surface area contributed by atoms with E-state index in [-0.39, 0.29) is 5.75 Å². The zero-order chi connectivity index (χ0) is 15.1. The molecule has 0 atom stereocenters. The van der Waals surface area contributed by atoms with Gasteiger partial charge in [0.05, 0.1) is 0 Å². The van der Waals surface area contributed by atoms with E-state index >= 15 is 0 Å². The zero-order valence-corrected chi connectivity index (χ0v) is 11.4. The van der Waals surface area contributed by atoms with E-state index < -0.39 is 11.9 Å². The molecule has 0 spiro atoms. The highest BCUT2D eigenvalue weighted by atomic mass is 16.3. The summed E-state index contributed by atoms with van der Waals surface area (Å²) in [7, 11) is 0. The normalized spacial score (nSPS) is 9.90. The van der Waals surface area contributed by atoms with E-state index in [4.69, 9.17) is 0 Å². The van der Waals surface area contributed by atoms with Gasteiger partial charge in [0.25, 0.3) is 5.91 Å². The van der Waals surface area contributed by atoms with Gasteiger partial charge in [0.2, 0.25) is 0 Å². The van der Waals surface area contributed by atoms with Crippen molar-refractivity contribution in [1.29, 1.82) is 0 Å². The highest BCUT2D eigenvalue weighted by Gasteiger charge is 2.09. The Hall–Kier alpha value is -2.82. The molecular formula is C16H16N2O3. The highest BCUT2D eigenvalue weighted by Crippen LogP contribution is 2.15. The van der Waals surface area contributed by atoms with Crippen LogP contribution in [0.15, 0.2) is 54.6 Å². The first-order chi connectivity index (χ1) is 10.2. The third-order valence-electron chi connectivity index (χ3n) is 2.93. The van der Waals surface area contributed by atoms with Gasteiger partial charge in [0, 0.05) is 12.1 Å². The first-order valence-electron chi connectivity index (χ1n) is 6.58. The molecule has 5 heteroatoms. The van der Waals surface area contributed by atoms with E-state index in [2.05, 4.69) is 10.6 Å². The smallest absolute Gasteiger partial charge is 0.321 e. The number of amides is 3. The van der Waals surface area contributed by atoms with Crippen molar-refractivity contribution in [3.05, 3.63) is 65.7 Å². The maximum atomic E-state index is 11.7. The second-order valence-corrected chi connectivity index (χ2v) is 4.45. The minimum atomic E-state index is -0.556. The van der Waals surface area contributed by atoms with E-state index in [9.17, 15) is 14.7 Å². The number of phenols is 1. The van der Waals surface area contributed by atoms with Gasteiger partial charge in [-0.1, -0.05) is 36.4 Å². The maximum Gasteiger partial charge on any atom is 0.321 e. The van der Waals surface area contributed by atoms with Crippen molar-refractivity contribution in [2.24, 2.45) is 0 Å². The maximum absolute atomic E-state index is 11.7. The zero-order valence-electron chi connectivity index (χ0n) is 11.4. The van der Waals surface area contributed by atoms with E-state index in [1.165, 1.54) is 0 Å². The van der Waals surface area contributed by atoms with E-state index in [1.54, 1.807) is 48.5 Å². The molecule has 0 saturated heterocycles. The summed E-state index contributed by atoms with van der Waals surface area (Å²) in [5, 5.41) is 14.4. The second kappa shape index (κ2) is 7.09. The van der Waals surface area contributed by atoms with Crippen LogP contribution in [0.4, 0.5) is 4.79 Å². The average Bonchev–Trinajstić information content (AvgIpc) is 2.50. The third-order valence-corrected chi connectivity index (χ3v) is 2.93. The fraction of sp³-hybridized carbons (Fsp3) is 0.125. The Bertz CT molecular complexity index is 626. The summed E-state index contributed by atoms with van der Waals surface area (Å²) in [6.07, 6.45) is 0.486. The van der Waals surface area contributed by atoms with Crippen LogP contribution in [0.5, 0.6) is 5.75 Å². The molecular weight excluding hydrogens is 268 g/mol. The van der Waals surface area contributed by atoms with Gasteiger partial charge in [-0.3, -0.25) is 10.1 Å². The lowest BCUT2D eigenvalue weighted by atomic mass is 10.1. The second-order valence-electron chi connectivity index (χ2n) is 4.45. The van der Waals surface area contributed by atoms with Gasteiger partial charge < -0.3 is 10.4 Å². The lowest BCUT2D eigenvalue weighted by molar-refractivity contribution is 0.0964. The molecule has 0 saturated carbocycles. The van der Waals surface area contributed by atoms with Gasteiger partial charge in [-0.05, 0) is 30.2 Å². The molecule has 0 aromatic heterocycles. The number of imide groups is 1. The summed E-state index contributed by atoms with van der Waals surface area (Å²) in [6.45, 7) is 0.325. The Morgan fingerprint density at radius 2 is 1.62 bits per heavy atom. The highest BCUT2D eigenvalue weighted by molar-refractivity contribution is 6.04. The fourth-order valence-electron chi connectivity index (χ4n) is 1.84. The summed E-state index contributed by atoms with van der Waals surface area (Å²) in [5.41, 5.74) is 1.17. The molecule has 108 valence electrons. The van der Waals surface area contributed by atoms with E-state index in [1.807, 2.05) is 6.07 Å². The van der Waals surface area contributed by atoms with Crippen LogP contribution in [-0.4, -0.2) is 23.6 Å². The summed E-state index contributed by atoms with van der Waals surface area (Å²) in [6, 6.07) is 14.9. The summed E-state index contributed by atoms with van der Waals surface area (Å²) in [4.78, 5) is 23.3. The Morgan fingerprint density at radius 1 is 0.952 bits per heavy atom. The first-order valence-corrected chi connectivity index (χ1v) is 6.58. The van der Waals surface area contributed by atoms with Crippen LogP contribution in [0, 0.1) is 0 Å². The van der Waals surface area contributed by atoms with Crippen molar-refractivity contribution in [3.8, 4) is 5.75 Å². The molecule has 2 rings (SSSR count). The topological polar surface area (TPSA) is 78.4 Å². The van der Waals surface area contributed by atoms with Crippen LogP contribution < -0.4 is 10.6 Å².